The van der Waals surface area contributed by atoms with Gasteiger partial charge >= 0.3 is 12.1 Å². The largest absolute Gasteiger partial charge is 0.471 e. The maximum absolute atomic E-state index is 13.6. The third-order valence-corrected chi connectivity index (χ3v) is 9.72. The van der Waals surface area contributed by atoms with Gasteiger partial charge < -0.3 is 15.5 Å². The number of carbonyl (C=O) groups is 4. The summed E-state index contributed by atoms with van der Waals surface area (Å²) in [6, 6.07) is 2.80. The molecule has 3 N–H and O–H groups in total. The number of aldehydes is 1. The van der Waals surface area contributed by atoms with Crippen molar-refractivity contribution in [3.8, 4) is 0 Å². The van der Waals surface area contributed by atoms with Crippen molar-refractivity contribution in [3.05, 3.63) is 35.9 Å². The molecule has 0 bridgehead atoms. The minimum absolute atomic E-state index is 0.0186. The molecule has 0 spiro atoms. The van der Waals surface area contributed by atoms with Crippen molar-refractivity contribution in [2.75, 3.05) is 26.0 Å². The van der Waals surface area contributed by atoms with Crippen LogP contribution < -0.4 is 15.4 Å². The highest BCUT2D eigenvalue weighted by Crippen LogP contribution is 2.33. The van der Waals surface area contributed by atoms with Crippen LogP contribution in [0, 0.1) is 11.8 Å². The molecule has 11 nitrogen and oxygen atoms in total. The quantitative estimate of drug-likeness (QED) is 0.166. The molecule has 0 radical (unpaired) electrons. The highest BCUT2D eigenvalue weighted by atomic mass is 32.2. The normalized spacial score (nSPS) is 18.9. The summed E-state index contributed by atoms with van der Waals surface area (Å²) >= 11 is 0. The zero-order valence-electron chi connectivity index (χ0n) is 26.7. The average molecular weight is 660 g/mol. The zero-order chi connectivity index (χ0) is 34.3. The minimum Gasteiger partial charge on any atom is -0.319 e. The number of carbonyl (C=O) groups excluding carboxylic acids is 4. The summed E-state index contributed by atoms with van der Waals surface area (Å²) < 4.78 is 65.3. The van der Waals surface area contributed by atoms with E-state index in [0.29, 0.717) is 19.4 Å². The van der Waals surface area contributed by atoms with E-state index in [1.54, 1.807) is 30.4 Å². The van der Waals surface area contributed by atoms with Crippen LogP contribution in [0.1, 0.15) is 60.3 Å². The van der Waals surface area contributed by atoms with Crippen LogP contribution in [0.4, 0.5) is 18.9 Å². The highest BCUT2D eigenvalue weighted by molar-refractivity contribution is 7.90. The SMILES string of the molecule is CC[C@H](C)[C@@](C=O)(N(C)C(=O)[C@H]1CCCCN1)N(C)[C@H](/C=C(\C)C(=O)NS(=O)(=O)c1ccc(NC(=O)C(F)(F)F)cc1)C(C)C. The second-order valence-electron chi connectivity index (χ2n) is 11.7. The van der Waals surface area contributed by atoms with Crippen molar-refractivity contribution in [2.24, 2.45) is 11.8 Å². The van der Waals surface area contributed by atoms with E-state index in [0.717, 1.165) is 43.4 Å². The molecule has 1 aromatic rings. The first-order valence-electron chi connectivity index (χ1n) is 14.8. The fraction of sp³-hybridized carbons (Fsp3) is 0.600. The third-order valence-electron chi connectivity index (χ3n) is 8.37. The van der Waals surface area contributed by atoms with Gasteiger partial charge in [0.1, 0.15) is 0 Å². The predicted molar refractivity (Wildman–Crippen MR) is 163 cm³/mol. The number of benzene rings is 1. The molecule has 1 aliphatic rings. The van der Waals surface area contributed by atoms with E-state index < -0.39 is 50.7 Å². The topological polar surface area (TPSA) is 145 Å². The molecule has 3 amide bonds. The summed E-state index contributed by atoms with van der Waals surface area (Å²) in [4.78, 5) is 53.7. The first kappa shape index (κ1) is 37.9. The molecule has 4 atom stereocenters. The van der Waals surface area contributed by atoms with Gasteiger partial charge in [0, 0.05) is 24.4 Å². The summed E-state index contributed by atoms with van der Waals surface area (Å²) in [5, 5.41) is 4.84. The van der Waals surface area contributed by atoms with E-state index in [2.05, 4.69) is 5.32 Å². The van der Waals surface area contributed by atoms with Crippen LogP contribution in [-0.2, 0) is 29.2 Å². The Morgan fingerprint density at radius 2 is 1.69 bits per heavy atom. The van der Waals surface area contributed by atoms with Crippen molar-refractivity contribution in [3.63, 3.8) is 0 Å². The maximum Gasteiger partial charge on any atom is 0.471 e. The van der Waals surface area contributed by atoms with Crippen molar-refractivity contribution in [1.29, 1.82) is 0 Å². The predicted octanol–water partition coefficient (Wildman–Crippen LogP) is 3.44. The van der Waals surface area contributed by atoms with Crippen molar-refractivity contribution >= 4 is 39.7 Å². The van der Waals surface area contributed by atoms with Gasteiger partial charge in [0.15, 0.2) is 11.9 Å². The Morgan fingerprint density at radius 3 is 2.16 bits per heavy atom. The van der Waals surface area contributed by atoms with Gasteiger partial charge in [-0.25, -0.2) is 13.1 Å². The van der Waals surface area contributed by atoms with Gasteiger partial charge in [-0.3, -0.25) is 24.1 Å². The Bertz CT molecular complexity index is 1360. The fourth-order valence-electron chi connectivity index (χ4n) is 5.47. The summed E-state index contributed by atoms with van der Waals surface area (Å²) in [6.07, 6.45) is 0.229. The summed E-state index contributed by atoms with van der Waals surface area (Å²) in [5.74, 6) is -3.89. The molecule has 1 saturated heterocycles. The fourth-order valence-corrected chi connectivity index (χ4v) is 6.49. The van der Waals surface area contributed by atoms with Gasteiger partial charge in [0.05, 0.1) is 10.9 Å². The van der Waals surface area contributed by atoms with Crippen molar-refractivity contribution in [1.82, 2.24) is 19.8 Å². The number of nitrogens with zero attached hydrogens (tertiary/aromatic N) is 2. The molecule has 45 heavy (non-hydrogen) atoms. The van der Waals surface area contributed by atoms with Crippen LogP contribution >= 0.6 is 0 Å². The molecule has 1 heterocycles. The van der Waals surface area contributed by atoms with Gasteiger partial charge in [-0.1, -0.05) is 40.2 Å². The Labute approximate surface area is 263 Å². The molecule has 252 valence electrons. The van der Waals surface area contributed by atoms with Crippen LogP contribution in [0.5, 0.6) is 0 Å². The van der Waals surface area contributed by atoms with Gasteiger partial charge in [0.25, 0.3) is 15.9 Å². The first-order chi connectivity index (χ1) is 20.8. The number of anilines is 1. The number of piperidine rings is 1. The number of rotatable bonds is 13. The van der Waals surface area contributed by atoms with Crippen LogP contribution in [-0.4, -0.2) is 86.8 Å². The Balaban J connectivity index is 2.35. The average Bonchev–Trinajstić information content (AvgIpc) is 2.99. The molecular formula is C30H44F3N5O6S. The van der Waals surface area contributed by atoms with Crippen LogP contribution in [0.2, 0.25) is 0 Å². The molecule has 0 aliphatic carbocycles. The number of nitrogens with one attached hydrogen (secondary N) is 3. The lowest BCUT2D eigenvalue weighted by molar-refractivity contribution is -0.167. The van der Waals surface area contributed by atoms with E-state index in [1.165, 1.54) is 11.8 Å². The molecule has 15 heteroatoms. The van der Waals surface area contributed by atoms with Gasteiger partial charge in [0.2, 0.25) is 5.91 Å². The molecule has 0 saturated carbocycles. The summed E-state index contributed by atoms with van der Waals surface area (Å²) in [5.41, 5.74) is -1.66. The van der Waals surface area contributed by atoms with E-state index in [9.17, 15) is 40.8 Å². The van der Waals surface area contributed by atoms with E-state index in [-0.39, 0.29) is 29.0 Å². The molecule has 2 rings (SSSR count). The third kappa shape index (κ3) is 8.91. The monoisotopic (exact) mass is 659 g/mol. The van der Waals surface area contributed by atoms with Crippen LogP contribution in [0.25, 0.3) is 0 Å². The van der Waals surface area contributed by atoms with E-state index in [4.69, 9.17) is 0 Å². The van der Waals surface area contributed by atoms with Gasteiger partial charge in [-0.05, 0) is 75.9 Å². The Kier molecular flexibility index (Phi) is 12.9. The van der Waals surface area contributed by atoms with Crippen molar-refractivity contribution < 1.29 is 40.8 Å². The Hall–Kier alpha value is -3.30. The first-order valence-corrected chi connectivity index (χ1v) is 16.3. The number of likely N-dealkylation sites (N-methyl/N-ethyl adjacent to an activating group) is 2. The number of hydrogen-bond acceptors (Lipinski definition) is 8. The van der Waals surface area contributed by atoms with E-state index in [1.807, 2.05) is 32.4 Å². The summed E-state index contributed by atoms with van der Waals surface area (Å²) in [6.45, 7) is 9.64. The lowest BCUT2D eigenvalue weighted by Gasteiger charge is -2.51. The number of sulfonamides is 1. The van der Waals surface area contributed by atoms with Crippen LogP contribution in [0.15, 0.2) is 40.8 Å². The standard InChI is InChI=1S/C30H44F3N5O6S/c1-8-21(5)29(18-39,38(7)27(41)24-11-9-10-16-34-24)37(6)25(19(2)3)17-20(4)26(40)36-45(43,44)23-14-12-22(13-15-23)35-28(42)30(31,32)33/h12-15,17-19,21,24-25,34H,8-11,16H2,1-7H3,(H,35,42)(H,36,40)/b20-17+/t21-,24+,25+,29+/m0/s1. The Morgan fingerprint density at radius 1 is 1.09 bits per heavy atom. The molecule has 0 unspecified atom stereocenters. The van der Waals surface area contributed by atoms with E-state index >= 15 is 0 Å². The lowest BCUT2D eigenvalue weighted by atomic mass is 9.85. The smallest absolute Gasteiger partial charge is 0.319 e. The van der Waals surface area contributed by atoms with Gasteiger partial charge in [-0.15, -0.1) is 0 Å². The molecule has 1 aliphatic heterocycles. The maximum atomic E-state index is 13.6. The molecule has 1 aromatic carbocycles. The summed E-state index contributed by atoms with van der Waals surface area (Å²) in [7, 11) is -1.15. The molecular weight excluding hydrogens is 615 g/mol. The number of halogens is 3. The lowest BCUT2D eigenvalue weighted by Crippen LogP contribution is -2.69. The van der Waals surface area contributed by atoms with Gasteiger partial charge in [-0.2, -0.15) is 13.2 Å². The number of alkyl halides is 3. The second-order valence-corrected chi connectivity index (χ2v) is 13.4. The number of amides is 3. The molecule has 0 aromatic heterocycles. The highest BCUT2D eigenvalue weighted by Gasteiger charge is 2.49. The minimum atomic E-state index is -5.12. The van der Waals surface area contributed by atoms with Crippen molar-refractivity contribution in [2.45, 2.75) is 89.1 Å². The number of hydrogen-bond donors (Lipinski definition) is 3. The second kappa shape index (κ2) is 15.3. The molecule has 1 fully saturated rings. The van der Waals surface area contributed by atoms with Crippen LogP contribution in [0.3, 0.4) is 0 Å². The zero-order valence-corrected chi connectivity index (χ0v) is 27.5.